The lowest BCUT2D eigenvalue weighted by Crippen LogP contribution is -2.68. The Bertz CT molecular complexity index is 658. The summed E-state index contributed by atoms with van der Waals surface area (Å²) in [7, 11) is 3.34. The van der Waals surface area contributed by atoms with Crippen LogP contribution in [0.1, 0.15) is 37.6 Å². The van der Waals surface area contributed by atoms with Crippen LogP contribution in [0.5, 0.6) is 5.75 Å². The van der Waals surface area contributed by atoms with Crippen molar-refractivity contribution in [2.75, 3.05) is 14.2 Å². The topological polar surface area (TPSA) is 92.9 Å². The van der Waals surface area contributed by atoms with Crippen molar-refractivity contribution >= 4 is 11.6 Å². The standard InChI is InChI=1S/C16H22N2O5/c1-15(2)13(9-16(15,3)23-5)17(4)14(20)10-6-7-12(19)11(8-10)18(21)22/h6-8,13,19H,9H2,1-5H3/t13-,16-/m0/s1. The highest BCUT2D eigenvalue weighted by Crippen LogP contribution is 2.53. The van der Waals surface area contributed by atoms with E-state index >= 15 is 0 Å². The maximum Gasteiger partial charge on any atom is 0.311 e. The smallest absolute Gasteiger partial charge is 0.311 e. The minimum atomic E-state index is -0.707. The summed E-state index contributed by atoms with van der Waals surface area (Å²) in [6, 6.07) is 3.63. The van der Waals surface area contributed by atoms with Crippen molar-refractivity contribution in [3.05, 3.63) is 33.9 Å². The number of amides is 1. The lowest BCUT2D eigenvalue weighted by molar-refractivity contribution is -0.385. The molecule has 1 amide bonds. The number of aromatic hydroxyl groups is 1. The molecule has 7 nitrogen and oxygen atoms in total. The average Bonchev–Trinajstić information content (AvgIpc) is 2.50. The van der Waals surface area contributed by atoms with E-state index in [4.69, 9.17) is 4.74 Å². The monoisotopic (exact) mass is 322 g/mol. The quantitative estimate of drug-likeness (QED) is 0.679. The van der Waals surface area contributed by atoms with Gasteiger partial charge in [-0.25, -0.2) is 0 Å². The summed E-state index contributed by atoms with van der Waals surface area (Å²) < 4.78 is 5.56. The number of ether oxygens (including phenoxy) is 1. The molecule has 1 N–H and O–H groups in total. The van der Waals surface area contributed by atoms with Crippen molar-refractivity contribution in [2.45, 2.75) is 38.8 Å². The van der Waals surface area contributed by atoms with Crippen molar-refractivity contribution in [1.29, 1.82) is 0 Å². The number of hydrogen-bond acceptors (Lipinski definition) is 5. The number of nitro groups is 1. The SMILES string of the molecule is CO[C@@]1(C)C[C@H](N(C)C(=O)c2ccc(O)c([N+](=O)[O-])c2)C1(C)C. The number of nitrogens with zero attached hydrogens (tertiary/aromatic N) is 2. The highest BCUT2D eigenvalue weighted by atomic mass is 16.6. The molecule has 0 heterocycles. The largest absolute Gasteiger partial charge is 0.502 e. The first-order chi connectivity index (χ1) is 10.5. The highest BCUT2D eigenvalue weighted by molar-refractivity contribution is 5.95. The fourth-order valence-corrected chi connectivity index (χ4v) is 3.22. The van der Waals surface area contributed by atoms with Gasteiger partial charge in [-0.1, -0.05) is 13.8 Å². The van der Waals surface area contributed by atoms with E-state index in [-0.39, 0.29) is 28.5 Å². The number of benzene rings is 1. The Morgan fingerprint density at radius 1 is 1.43 bits per heavy atom. The third-order valence-electron chi connectivity index (χ3n) is 5.44. The van der Waals surface area contributed by atoms with Crippen LogP contribution in [0.4, 0.5) is 5.69 Å². The molecule has 23 heavy (non-hydrogen) atoms. The Balaban J connectivity index is 2.25. The molecule has 1 fully saturated rings. The van der Waals surface area contributed by atoms with Gasteiger partial charge in [0.05, 0.1) is 10.5 Å². The molecular formula is C16H22N2O5. The molecule has 0 radical (unpaired) electrons. The zero-order chi connectivity index (χ0) is 17.6. The number of nitro benzene ring substituents is 1. The maximum absolute atomic E-state index is 12.6. The third kappa shape index (κ3) is 2.55. The van der Waals surface area contributed by atoms with Crippen LogP contribution < -0.4 is 0 Å². The van der Waals surface area contributed by atoms with Gasteiger partial charge >= 0.3 is 5.69 Å². The van der Waals surface area contributed by atoms with Gasteiger partial charge in [-0.05, 0) is 25.5 Å². The van der Waals surface area contributed by atoms with Crippen molar-refractivity contribution in [2.24, 2.45) is 5.41 Å². The van der Waals surface area contributed by atoms with Crippen LogP contribution in [-0.4, -0.2) is 46.6 Å². The summed E-state index contributed by atoms with van der Waals surface area (Å²) >= 11 is 0. The molecule has 1 aromatic carbocycles. The van der Waals surface area contributed by atoms with Crippen molar-refractivity contribution < 1.29 is 19.6 Å². The Kier molecular flexibility index (Phi) is 4.11. The number of rotatable bonds is 4. The molecule has 2 rings (SSSR count). The van der Waals surface area contributed by atoms with Gasteiger partial charge in [0, 0.05) is 37.2 Å². The first-order valence-electron chi connectivity index (χ1n) is 7.35. The molecule has 7 heteroatoms. The van der Waals surface area contributed by atoms with Gasteiger partial charge in [0.2, 0.25) is 0 Å². The van der Waals surface area contributed by atoms with Crippen LogP contribution in [0.2, 0.25) is 0 Å². The minimum absolute atomic E-state index is 0.0344. The molecule has 0 unspecified atom stereocenters. The van der Waals surface area contributed by atoms with E-state index in [9.17, 15) is 20.0 Å². The summed E-state index contributed by atoms with van der Waals surface area (Å²) in [5.74, 6) is -0.769. The van der Waals surface area contributed by atoms with Crippen LogP contribution in [-0.2, 0) is 4.74 Å². The number of phenols is 1. The summed E-state index contributed by atoms with van der Waals surface area (Å²) in [4.78, 5) is 24.4. The number of carbonyl (C=O) groups excluding carboxylic acids is 1. The number of methoxy groups -OCH3 is 1. The Morgan fingerprint density at radius 3 is 2.52 bits per heavy atom. The number of hydrogen-bond donors (Lipinski definition) is 1. The lowest BCUT2D eigenvalue weighted by Gasteiger charge is -2.61. The third-order valence-corrected chi connectivity index (χ3v) is 5.44. The van der Waals surface area contributed by atoms with E-state index in [1.54, 1.807) is 19.1 Å². The Morgan fingerprint density at radius 2 is 2.04 bits per heavy atom. The summed E-state index contributed by atoms with van der Waals surface area (Å²) in [6.07, 6.45) is 0.693. The van der Waals surface area contributed by atoms with Crippen LogP contribution in [0, 0.1) is 15.5 Å². The molecule has 1 aliphatic rings. The summed E-state index contributed by atoms with van der Waals surface area (Å²) in [5.41, 5.74) is -0.847. The molecule has 0 spiro atoms. The van der Waals surface area contributed by atoms with Crippen LogP contribution >= 0.6 is 0 Å². The molecule has 0 aromatic heterocycles. The van der Waals surface area contributed by atoms with Gasteiger partial charge < -0.3 is 14.7 Å². The van der Waals surface area contributed by atoms with E-state index in [1.165, 1.54) is 12.1 Å². The highest BCUT2D eigenvalue weighted by Gasteiger charge is 2.59. The predicted octanol–water partition coefficient (Wildman–Crippen LogP) is 2.58. The van der Waals surface area contributed by atoms with E-state index in [0.717, 1.165) is 6.07 Å². The maximum atomic E-state index is 12.6. The lowest BCUT2D eigenvalue weighted by atomic mass is 9.55. The first-order valence-corrected chi connectivity index (χ1v) is 7.35. The molecular weight excluding hydrogens is 300 g/mol. The van der Waals surface area contributed by atoms with Gasteiger partial charge in [-0.2, -0.15) is 0 Å². The second-order valence-corrected chi connectivity index (χ2v) is 6.75. The molecule has 0 bridgehead atoms. The van der Waals surface area contributed by atoms with Gasteiger partial charge in [0.15, 0.2) is 5.75 Å². The van der Waals surface area contributed by atoms with Crippen LogP contribution in [0.15, 0.2) is 18.2 Å². The Hall–Kier alpha value is -2.15. The average molecular weight is 322 g/mol. The fraction of sp³-hybridized carbons (Fsp3) is 0.562. The molecule has 1 aliphatic carbocycles. The second kappa shape index (κ2) is 5.49. The molecule has 2 atom stereocenters. The molecule has 1 saturated carbocycles. The van der Waals surface area contributed by atoms with Gasteiger partial charge in [-0.3, -0.25) is 14.9 Å². The molecule has 0 saturated heterocycles. The Labute approximate surface area is 135 Å². The van der Waals surface area contributed by atoms with E-state index in [2.05, 4.69) is 0 Å². The molecule has 126 valence electrons. The first kappa shape index (κ1) is 17.2. The van der Waals surface area contributed by atoms with E-state index in [0.29, 0.717) is 6.42 Å². The fourth-order valence-electron chi connectivity index (χ4n) is 3.22. The molecule has 1 aromatic rings. The van der Waals surface area contributed by atoms with Crippen LogP contribution in [0.25, 0.3) is 0 Å². The second-order valence-electron chi connectivity index (χ2n) is 6.75. The summed E-state index contributed by atoms with van der Waals surface area (Å²) in [6.45, 7) is 6.08. The minimum Gasteiger partial charge on any atom is -0.502 e. The van der Waals surface area contributed by atoms with E-state index < -0.39 is 16.4 Å². The zero-order valence-corrected chi connectivity index (χ0v) is 14.0. The van der Waals surface area contributed by atoms with Crippen molar-refractivity contribution in [3.63, 3.8) is 0 Å². The molecule has 0 aliphatic heterocycles. The van der Waals surface area contributed by atoms with Gasteiger partial charge in [-0.15, -0.1) is 0 Å². The van der Waals surface area contributed by atoms with Gasteiger partial charge in [0.1, 0.15) is 0 Å². The van der Waals surface area contributed by atoms with Crippen molar-refractivity contribution in [1.82, 2.24) is 4.90 Å². The van der Waals surface area contributed by atoms with E-state index in [1.807, 2.05) is 20.8 Å². The number of carbonyl (C=O) groups is 1. The van der Waals surface area contributed by atoms with Crippen molar-refractivity contribution in [3.8, 4) is 5.75 Å². The van der Waals surface area contributed by atoms with Crippen LogP contribution in [0.3, 0.4) is 0 Å². The number of phenolic OH excluding ortho intramolecular Hbond substituents is 1. The summed E-state index contributed by atoms with van der Waals surface area (Å²) in [5, 5.41) is 20.4. The normalized spacial score (nSPS) is 25.5. The predicted molar refractivity (Wildman–Crippen MR) is 84.5 cm³/mol. The van der Waals surface area contributed by atoms with Gasteiger partial charge in [0.25, 0.3) is 5.91 Å². The zero-order valence-electron chi connectivity index (χ0n) is 14.0.